The lowest BCUT2D eigenvalue weighted by Gasteiger charge is -2.35. The first-order chi connectivity index (χ1) is 10.4. The van der Waals surface area contributed by atoms with Gasteiger partial charge in [-0.2, -0.15) is 0 Å². The largest absolute Gasteiger partial charge is 0.379 e. The van der Waals surface area contributed by atoms with Crippen molar-refractivity contribution in [3.8, 4) is 0 Å². The first-order valence-corrected chi connectivity index (χ1v) is 7.70. The molecule has 3 heteroatoms. The van der Waals surface area contributed by atoms with Crippen molar-refractivity contribution < 1.29 is 4.79 Å². The van der Waals surface area contributed by atoms with Crippen molar-refractivity contribution >= 4 is 23.1 Å². The third-order valence-corrected chi connectivity index (χ3v) is 4.03. The first kappa shape index (κ1) is 14.9. The minimum atomic E-state index is -0.0746. The summed E-state index contributed by atoms with van der Waals surface area (Å²) in [5.74, 6) is -0.0440. The Hall–Kier alpha value is -2.06. The van der Waals surface area contributed by atoms with Crippen LogP contribution in [-0.4, -0.2) is 11.3 Å². The van der Waals surface area contributed by atoms with Crippen molar-refractivity contribution in [1.29, 1.82) is 0 Å². The highest BCUT2D eigenvalue weighted by molar-refractivity contribution is 6.31. The molecular formula is C19H18ClNO. The van der Waals surface area contributed by atoms with E-state index in [9.17, 15) is 4.79 Å². The van der Waals surface area contributed by atoms with Crippen LogP contribution in [0.3, 0.4) is 0 Å². The number of halogens is 1. The number of fused-ring (bicyclic) bond motifs is 1. The molecule has 0 fully saturated rings. The van der Waals surface area contributed by atoms with Gasteiger partial charge < -0.3 is 5.32 Å². The summed E-state index contributed by atoms with van der Waals surface area (Å²) in [6, 6.07) is 15.2. The van der Waals surface area contributed by atoms with Crippen molar-refractivity contribution in [2.75, 3.05) is 0 Å². The van der Waals surface area contributed by atoms with Gasteiger partial charge in [-0.05, 0) is 38.0 Å². The van der Waals surface area contributed by atoms with E-state index in [1.54, 1.807) is 30.3 Å². The predicted octanol–water partition coefficient (Wildman–Crippen LogP) is 4.49. The van der Waals surface area contributed by atoms with Crippen LogP contribution in [0.25, 0.3) is 5.70 Å². The molecule has 1 aliphatic heterocycles. The van der Waals surface area contributed by atoms with E-state index in [0.717, 1.165) is 17.7 Å². The van der Waals surface area contributed by atoms with E-state index in [1.165, 1.54) is 5.56 Å². The van der Waals surface area contributed by atoms with Crippen molar-refractivity contribution in [3.63, 3.8) is 0 Å². The van der Waals surface area contributed by atoms with Gasteiger partial charge in [0.25, 0.3) is 0 Å². The predicted molar refractivity (Wildman–Crippen MR) is 91.1 cm³/mol. The molecule has 1 N–H and O–H groups in total. The molecule has 0 radical (unpaired) electrons. The number of allylic oxidation sites excluding steroid dienone is 1. The topological polar surface area (TPSA) is 29.1 Å². The fraction of sp³-hybridized carbons (Fsp3) is 0.211. The third-order valence-electron chi connectivity index (χ3n) is 3.80. The zero-order valence-electron chi connectivity index (χ0n) is 12.7. The zero-order valence-corrected chi connectivity index (χ0v) is 13.4. The summed E-state index contributed by atoms with van der Waals surface area (Å²) < 4.78 is 0. The minimum Gasteiger partial charge on any atom is -0.379 e. The Morgan fingerprint density at radius 2 is 1.95 bits per heavy atom. The lowest BCUT2D eigenvalue weighted by atomic mass is 9.85. The van der Waals surface area contributed by atoms with E-state index in [1.807, 2.05) is 12.1 Å². The molecular weight excluding hydrogens is 294 g/mol. The molecule has 0 amide bonds. The molecule has 0 unspecified atom stereocenters. The Bertz CT molecular complexity index is 762. The highest BCUT2D eigenvalue weighted by atomic mass is 35.5. The Morgan fingerprint density at radius 3 is 2.73 bits per heavy atom. The number of carbonyl (C=O) groups is 1. The third kappa shape index (κ3) is 3.07. The summed E-state index contributed by atoms with van der Waals surface area (Å²) in [5, 5.41) is 4.04. The normalized spacial score (nSPS) is 17.7. The summed E-state index contributed by atoms with van der Waals surface area (Å²) in [5.41, 5.74) is 3.75. The molecule has 0 spiro atoms. The maximum absolute atomic E-state index is 12.5. The van der Waals surface area contributed by atoms with Crippen LogP contribution in [0, 0.1) is 0 Å². The van der Waals surface area contributed by atoms with Crippen molar-refractivity contribution in [1.82, 2.24) is 5.32 Å². The van der Waals surface area contributed by atoms with E-state index in [-0.39, 0.29) is 11.3 Å². The van der Waals surface area contributed by atoms with E-state index < -0.39 is 0 Å². The Morgan fingerprint density at radius 1 is 1.18 bits per heavy atom. The van der Waals surface area contributed by atoms with Crippen LogP contribution in [0.4, 0.5) is 0 Å². The monoisotopic (exact) mass is 311 g/mol. The van der Waals surface area contributed by atoms with Gasteiger partial charge in [-0.1, -0.05) is 48.0 Å². The van der Waals surface area contributed by atoms with Gasteiger partial charge in [-0.25, -0.2) is 0 Å². The molecule has 1 aliphatic rings. The Kier molecular flexibility index (Phi) is 3.79. The lowest BCUT2D eigenvalue weighted by Crippen LogP contribution is -2.43. The van der Waals surface area contributed by atoms with Crippen LogP contribution in [0.5, 0.6) is 0 Å². The van der Waals surface area contributed by atoms with Crippen LogP contribution < -0.4 is 5.32 Å². The van der Waals surface area contributed by atoms with Gasteiger partial charge in [0, 0.05) is 33.5 Å². The maximum Gasteiger partial charge on any atom is 0.187 e. The highest BCUT2D eigenvalue weighted by Crippen LogP contribution is 2.29. The molecule has 22 heavy (non-hydrogen) atoms. The highest BCUT2D eigenvalue weighted by Gasteiger charge is 2.27. The van der Waals surface area contributed by atoms with E-state index in [2.05, 4.69) is 31.3 Å². The molecule has 1 heterocycles. The zero-order chi connectivity index (χ0) is 15.7. The lowest BCUT2D eigenvalue weighted by molar-refractivity contribution is 0.104. The fourth-order valence-corrected chi connectivity index (χ4v) is 3.05. The fourth-order valence-electron chi connectivity index (χ4n) is 2.86. The standard InChI is InChI=1S/C19H18ClNO/c1-19(2)12-14-6-3-4-9-16(14)17(21-19)11-18(22)13-7-5-8-15(20)10-13/h3-11,21H,12H2,1-2H3/b17-11-. The van der Waals surface area contributed by atoms with Crippen LogP contribution in [0.15, 0.2) is 54.6 Å². The van der Waals surface area contributed by atoms with E-state index in [0.29, 0.717) is 10.6 Å². The molecule has 0 aromatic heterocycles. The number of hydrogen-bond acceptors (Lipinski definition) is 2. The van der Waals surface area contributed by atoms with Crippen LogP contribution in [0.1, 0.15) is 35.3 Å². The second-order valence-corrected chi connectivity index (χ2v) is 6.71. The molecule has 0 saturated carbocycles. The van der Waals surface area contributed by atoms with Gasteiger partial charge in [0.2, 0.25) is 0 Å². The van der Waals surface area contributed by atoms with E-state index in [4.69, 9.17) is 11.6 Å². The van der Waals surface area contributed by atoms with Gasteiger partial charge in [0.15, 0.2) is 5.78 Å². The molecule has 112 valence electrons. The second kappa shape index (κ2) is 5.62. The molecule has 0 saturated heterocycles. The Balaban J connectivity index is 2.01. The number of hydrogen-bond donors (Lipinski definition) is 1. The van der Waals surface area contributed by atoms with Gasteiger partial charge in [0.05, 0.1) is 0 Å². The summed E-state index contributed by atoms with van der Waals surface area (Å²) in [6.07, 6.45) is 2.61. The Labute approximate surface area is 135 Å². The van der Waals surface area contributed by atoms with Gasteiger partial charge in [-0.3, -0.25) is 4.79 Å². The number of benzene rings is 2. The number of carbonyl (C=O) groups excluding carboxylic acids is 1. The first-order valence-electron chi connectivity index (χ1n) is 7.33. The summed E-state index contributed by atoms with van der Waals surface area (Å²) >= 11 is 5.97. The van der Waals surface area contributed by atoms with Gasteiger partial charge in [0.1, 0.15) is 0 Å². The van der Waals surface area contributed by atoms with E-state index >= 15 is 0 Å². The maximum atomic E-state index is 12.5. The van der Waals surface area contributed by atoms with Crippen LogP contribution in [-0.2, 0) is 6.42 Å². The number of ketones is 1. The molecule has 0 aliphatic carbocycles. The molecule has 0 bridgehead atoms. The molecule has 2 nitrogen and oxygen atoms in total. The molecule has 2 aromatic rings. The molecule has 3 rings (SSSR count). The average molecular weight is 312 g/mol. The molecule has 0 atom stereocenters. The van der Waals surface area contributed by atoms with Crippen molar-refractivity contribution in [2.45, 2.75) is 25.8 Å². The quantitative estimate of drug-likeness (QED) is 0.654. The minimum absolute atomic E-state index is 0.0440. The van der Waals surface area contributed by atoms with Crippen LogP contribution in [0.2, 0.25) is 5.02 Å². The number of rotatable bonds is 2. The second-order valence-electron chi connectivity index (χ2n) is 6.28. The summed E-state index contributed by atoms with van der Waals surface area (Å²) in [7, 11) is 0. The van der Waals surface area contributed by atoms with Gasteiger partial charge in [-0.15, -0.1) is 0 Å². The molecule has 2 aromatic carbocycles. The van der Waals surface area contributed by atoms with Gasteiger partial charge >= 0.3 is 0 Å². The SMILES string of the molecule is CC1(C)Cc2ccccc2/C(=C/C(=O)c2cccc(Cl)c2)N1. The smallest absolute Gasteiger partial charge is 0.187 e. The average Bonchev–Trinajstić information content (AvgIpc) is 2.46. The van der Waals surface area contributed by atoms with Crippen LogP contribution >= 0.6 is 11.6 Å². The van der Waals surface area contributed by atoms with Crippen molar-refractivity contribution in [2.24, 2.45) is 0 Å². The summed E-state index contributed by atoms with van der Waals surface area (Å²) in [6.45, 7) is 4.28. The number of nitrogens with one attached hydrogen (secondary N) is 1. The van der Waals surface area contributed by atoms with Crippen molar-refractivity contribution in [3.05, 3.63) is 76.3 Å². The summed E-state index contributed by atoms with van der Waals surface area (Å²) in [4.78, 5) is 12.5.